The van der Waals surface area contributed by atoms with E-state index in [1.807, 2.05) is 0 Å². The molecule has 1 saturated heterocycles. The van der Waals surface area contributed by atoms with Gasteiger partial charge in [-0.05, 0) is 0 Å². The van der Waals surface area contributed by atoms with Crippen LogP contribution in [0.1, 0.15) is 12.6 Å². The second-order valence-corrected chi connectivity index (χ2v) is 9.25. The van der Waals surface area contributed by atoms with Gasteiger partial charge in [-0.3, -0.25) is 27.9 Å². The number of hydrogen-bond donors (Lipinski definition) is 5. The summed E-state index contributed by atoms with van der Waals surface area (Å²) in [5.74, 6) is -0.790. The smallest absolute Gasteiger partial charge is 0.467 e. The zero-order valence-corrected chi connectivity index (χ0v) is 19.0. The highest BCUT2D eigenvalue weighted by Gasteiger charge is 2.42. The number of ether oxygens (including phenoxy) is 2. The molecule has 0 bridgehead atoms. The first-order valence-electron chi connectivity index (χ1n) is 9.15. The summed E-state index contributed by atoms with van der Waals surface area (Å²) in [6.07, 6.45) is -2.45. The van der Waals surface area contributed by atoms with Crippen LogP contribution in [0.4, 0.5) is 5.95 Å². The molecule has 3 heterocycles. The molecule has 0 aromatic carbocycles. The lowest BCUT2D eigenvalue weighted by atomic mass is 10.2. The number of H-pyrrole nitrogens is 1. The predicted octanol–water partition coefficient (Wildman–Crippen LogP) is -0.767. The molecular weight excluding hydrogens is 492 g/mol. The standard InChI is InChI=1S/C14H21N5O12P2/c1-15-14-17-12-11(13(21)18-14)16-6-19(12)9-3-7(31-32(22,23)24)8(30-9)4-28-33(25,26)29-5-10(20)27-2/h6-9H,3-5H2,1-2H3,(H,25,26)(H2,22,23,24)(H2,15,17,18,21)/t7-,8-,9-/m1/s1. The highest BCUT2D eigenvalue weighted by atomic mass is 31.2. The number of hydrogen-bond acceptors (Lipinski definition) is 12. The van der Waals surface area contributed by atoms with Gasteiger partial charge in [0.25, 0.3) is 5.56 Å². The van der Waals surface area contributed by atoms with Gasteiger partial charge in [-0.2, -0.15) is 4.98 Å². The van der Waals surface area contributed by atoms with Crippen LogP contribution in [0.3, 0.4) is 0 Å². The Morgan fingerprint density at radius 2 is 2.09 bits per heavy atom. The molecule has 1 unspecified atom stereocenters. The van der Waals surface area contributed by atoms with Crippen LogP contribution in [-0.4, -0.2) is 79.7 Å². The third kappa shape index (κ3) is 6.44. The number of aromatic amines is 1. The van der Waals surface area contributed by atoms with Crippen molar-refractivity contribution in [3.8, 4) is 0 Å². The minimum atomic E-state index is -4.98. The second kappa shape index (κ2) is 9.97. The number of nitrogens with zero attached hydrogens (tertiary/aromatic N) is 3. The molecule has 19 heteroatoms. The summed E-state index contributed by atoms with van der Waals surface area (Å²) in [5, 5.41) is 2.68. The number of methoxy groups -OCH3 is 1. The van der Waals surface area contributed by atoms with Crippen molar-refractivity contribution in [1.82, 2.24) is 19.5 Å². The van der Waals surface area contributed by atoms with Crippen LogP contribution in [-0.2, 0) is 37.0 Å². The van der Waals surface area contributed by atoms with Gasteiger partial charge >= 0.3 is 21.6 Å². The number of phosphoric acid groups is 2. The summed E-state index contributed by atoms with van der Waals surface area (Å²) in [6.45, 7) is -1.56. The van der Waals surface area contributed by atoms with Crippen molar-refractivity contribution in [1.29, 1.82) is 0 Å². The first-order chi connectivity index (χ1) is 15.4. The number of aromatic nitrogens is 4. The van der Waals surface area contributed by atoms with Gasteiger partial charge in [0.2, 0.25) is 5.95 Å². The number of rotatable bonds is 10. The average Bonchev–Trinajstić information content (AvgIpc) is 3.33. The van der Waals surface area contributed by atoms with Gasteiger partial charge in [0.1, 0.15) is 18.4 Å². The van der Waals surface area contributed by atoms with Crippen molar-refractivity contribution < 1.29 is 51.6 Å². The molecule has 2 aromatic rings. The Hall–Kier alpha value is -2.20. The molecule has 0 radical (unpaired) electrons. The topological polar surface area (TPSA) is 234 Å². The van der Waals surface area contributed by atoms with Gasteiger partial charge in [-0.25, -0.2) is 18.9 Å². The Balaban J connectivity index is 1.80. The Kier molecular flexibility index (Phi) is 7.68. The Morgan fingerprint density at radius 1 is 1.36 bits per heavy atom. The Labute approximate surface area is 184 Å². The zero-order valence-electron chi connectivity index (χ0n) is 17.2. The highest BCUT2D eigenvalue weighted by Crippen LogP contribution is 2.47. The van der Waals surface area contributed by atoms with Crippen molar-refractivity contribution in [3.05, 3.63) is 16.7 Å². The first kappa shape index (κ1) is 25.4. The third-order valence-corrected chi connectivity index (χ3v) is 5.88. The van der Waals surface area contributed by atoms with Crippen LogP contribution < -0.4 is 10.9 Å². The van der Waals surface area contributed by atoms with Crippen LogP contribution in [0.5, 0.6) is 0 Å². The molecule has 0 saturated carbocycles. The molecule has 0 spiro atoms. The SMILES string of the molecule is CNc1nc2c(ncn2[C@H]2C[C@@H](OP(=O)(O)O)[C@@H](COP(=O)(O)OCC(=O)OC)O2)c(=O)[nH]1. The van der Waals surface area contributed by atoms with Gasteiger partial charge in [-0.1, -0.05) is 0 Å². The lowest BCUT2D eigenvalue weighted by Gasteiger charge is -2.20. The van der Waals surface area contributed by atoms with E-state index in [4.69, 9.17) is 13.8 Å². The van der Waals surface area contributed by atoms with Gasteiger partial charge in [0.15, 0.2) is 17.8 Å². The van der Waals surface area contributed by atoms with E-state index >= 15 is 0 Å². The molecule has 1 fully saturated rings. The molecule has 4 atom stereocenters. The van der Waals surface area contributed by atoms with Gasteiger partial charge < -0.3 is 29.5 Å². The van der Waals surface area contributed by atoms with E-state index in [2.05, 4.69) is 29.5 Å². The van der Waals surface area contributed by atoms with Gasteiger partial charge in [0, 0.05) is 13.5 Å². The molecule has 17 nitrogen and oxygen atoms in total. The summed E-state index contributed by atoms with van der Waals surface area (Å²) in [5.41, 5.74) is -0.437. The summed E-state index contributed by atoms with van der Waals surface area (Å²) >= 11 is 0. The number of esters is 1. The summed E-state index contributed by atoms with van der Waals surface area (Å²) in [6, 6.07) is 0. The van der Waals surface area contributed by atoms with Crippen molar-refractivity contribution in [2.24, 2.45) is 0 Å². The zero-order chi connectivity index (χ0) is 24.4. The predicted molar refractivity (Wildman–Crippen MR) is 107 cm³/mol. The Morgan fingerprint density at radius 3 is 2.73 bits per heavy atom. The molecular formula is C14H21N5O12P2. The molecule has 1 aliphatic heterocycles. The molecule has 2 aromatic heterocycles. The lowest BCUT2D eigenvalue weighted by Crippen LogP contribution is -2.28. The fourth-order valence-electron chi connectivity index (χ4n) is 2.96. The molecule has 5 N–H and O–H groups in total. The summed E-state index contributed by atoms with van der Waals surface area (Å²) in [7, 11) is -7.14. The molecule has 0 aliphatic carbocycles. The number of nitrogens with one attached hydrogen (secondary N) is 2. The van der Waals surface area contributed by atoms with Crippen LogP contribution in [0.25, 0.3) is 11.2 Å². The van der Waals surface area contributed by atoms with Crippen molar-refractivity contribution in [2.45, 2.75) is 24.9 Å². The maximum Gasteiger partial charge on any atom is 0.472 e. The van der Waals surface area contributed by atoms with E-state index < -0.39 is 58.8 Å². The van der Waals surface area contributed by atoms with Crippen molar-refractivity contribution in [2.75, 3.05) is 32.7 Å². The molecule has 3 rings (SSSR count). The number of phosphoric ester groups is 2. The molecule has 0 amide bonds. The van der Waals surface area contributed by atoms with E-state index in [9.17, 15) is 33.4 Å². The minimum Gasteiger partial charge on any atom is -0.467 e. The van der Waals surface area contributed by atoms with Crippen LogP contribution in [0.2, 0.25) is 0 Å². The quantitative estimate of drug-likeness (QED) is 0.194. The second-order valence-electron chi connectivity index (χ2n) is 6.60. The van der Waals surface area contributed by atoms with Crippen LogP contribution in [0.15, 0.2) is 11.1 Å². The van der Waals surface area contributed by atoms with Gasteiger partial charge in [-0.15, -0.1) is 0 Å². The third-order valence-electron chi connectivity index (χ3n) is 4.41. The lowest BCUT2D eigenvalue weighted by molar-refractivity contribution is -0.143. The molecule has 1 aliphatic rings. The number of fused-ring (bicyclic) bond motifs is 1. The number of carbonyl (C=O) groups excluding carboxylic acids is 1. The fraction of sp³-hybridized carbons (Fsp3) is 0.571. The Bertz CT molecular complexity index is 1160. The van der Waals surface area contributed by atoms with E-state index in [1.165, 1.54) is 17.9 Å². The average molecular weight is 513 g/mol. The number of imidazole rings is 1. The van der Waals surface area contributed by atoms with Crippen molar-refractivity contribution in [3.63, 3.8) is 0 Å². The van der Waals surface area contributed by atoms with E-state index in [-0.39, 0.29) is 23.5 Å². The largest absolute Gasteiger partial charge is 0.472 e. The van der Waals surface area contributed by atoms with Gasteiger partial charge in [0.05, 0.1) is 20.0 Å². The summed E-state index contributed by atoms with van der Waals surface area (Å²) < 4.78 is 48.7. The first-order valence-corrected chi connectivity index (χ1v) is 12.2. The highest BCUT2D eigenvalue weighted by molar-refractivity contribution is 7.47. The minimum absolute atomic E-state index is 0.0131. The van der Waals surface area contributed by atoms with E-state index in [1.54, 1.807) is 0 Å². The fourth-order valence-corrected chi connectivity index (χ4v) is 4.21. The maximum absolute atomic E-state index is 12.1. The van der Waals surface area contributed by atoms with Crippen LogP contribution >= 0.6 is 15.6 Å². The van der Waals surface area contributed by atoms with E-state index in [0.29, 0.717) is 0 Å². The maximum atomic E-state index is 12.1. The number of carbonyl (C=O) groups is 1. The van der Waals surface area contributed by atoms with Crippen LogP contribution in [0, 0.1) is 0 Å². The van der Waals surface area contributed by atoms with E-state index in [0.717, 1.165) is 7.11 Å². The monoisotopic (exact) mass is 513 g/mol. The number of anilines is 1. The van der Waals surface area contributed by atoms with Crippen molar-refractivity contribution >= 4 is 38.7 Å². The molecule has 184 valence electrons. The normalized spacial score (nSPS) is 22.9. The summed E-state index contributed by atoms with van der Waals surface area (Å²) in [4.78, 5) is 62.0. The molecule has 33 heavy (non-hydrogen) atoms.